The van der Waals surface area contributed by atoms with Crippen LogP contribution in [0.3, 0.4) is 0 Å². The lowest BCUT2D eigenvalue weighted by Crippen LogP contribution is -1.92. The van der Waals surface area contributed by atoms with Crippen molar-refractivity contribution in [3.63, 3.8) is 0 Å². The Hall–Kier alpha value is -2.82. The molecule has 4 aromatic rings. The van der Waals surface area contributed by atoms with Gasteiger partial charge in [0.2, 0.25) is 0 Å². The molecule has 0 unspecified atom stereocenters. The van der Waals surface area contributed by atoms with Gasteiger partial charge in [0.25, 0.3) is 0 Å². The summed E-state index contributed by atoms with van der Waals surface area (Å²) in [5.74, 6) is 0.206. The predicted molar refractivity (Wildman–Crippen MR) is 77.2 cm³/mol. The average Bonchev–Trinajstić information content (AvgIpc) is 2.92. The summed E-state index contributed by atoms with van der Waals surface area (Å²) in [6, 6.07) is 8.53. The second-order valence-corrected chi connectivity index (χ2v) is 4.79. The van der Waals surface area contributed by atoms with E-state index in [1.165, 1.54) is 6.07 Å². The van der Waals surface area contributed by atoms with Crippen LogP contribution in [-0.4, -0.2) is 15.0 Å². The first-order valence-corrected chi connectivity index (χ1v) is 6.49. The second kappa shape index (κ2) is 4.34. The van der Waals surface area contributed by atoms with Crippen LogP contribution in [-0.2, 0) is 0 Å². The molecule has 0 bridgehead atoms. The molecule has 4 rings (SSSR count). The molecule has 0 saturated carbocycles. The van der Waals surface area contributed by atoms with E-state index in [9.17, 15) is 4.39 Å². The summed E-state index contributed by atoms with van der Waals surface area (Å²) in [5.41, 5.74) is 3.08. The molecule has 21 heavy (non-hydrogen) atoms. The Morgan fingerprint density at radius 2 is 1.95 bits per heavy atom. The Morgan fingerprint density at radius 3 is 2.81 bits per heavy atom. The first-order chi connectivity index (χ1) is 10.2. The highest BCUT2D eigenvalue weighted by Crippen LogP contribution is 2.31. The van der Waals surface area contributed by atoms with E-state index < -0.39 is 0 Å². The topological polar surface area (TPSA) is 51.8 Å². The number of benzene rings is 1. The third kappa shape index (κ3) is 1.86. The highest BCUT2D eigenvalue weighted by atomic mass is 19.1. The number of furan rings is 1. The molecular weight excluding hydrogens is 269 g/mol. The van der Waals surface area contributed by atoms with Crippen LogP contribution in [0.1, 0.15) is 5.69 Å². The van der Waals surface area contributed by atoms with Crippen LogP contribution in [0, 0.1) is 12.7 Å². The minimum absolute atomic E-state index is 0.256. The van der Waals surface area contributed by atoms with Gasteiger partial charge in [-0.2, -0.15) is 0 Å². The van der Waals surface area contributed by atoms with Crippen molar-refractivity contribution in [2.45, 2.75) is 6.92 Å². The maximum Gasteiger partial charge on any atom is 0.178 e. The van der Waals surface area contributed by atoms with E-state index in [1.807, 2.05) is 25.1 Å². The monoisotopic (exact) mass is 279 g/mol. The zero-order valence-electron chi connectivity index (χ0n) is 11.2. The van der Waals surface area contributed by atoms with E-state index in [0.717, 1.165) is 16.6 Å². The van der Waals surface area contributed by atoms with Gasteiger partial charge in [-0.05, 0) is 25.1 Å². The van der Waals surface area contributed by atoms with Crippen molar-refractivity contribution < 1.29 is 8.81 Å². The molecule has 0 spiro atoms. The molecule has 4 nitrogen and oxygen atoms in total. The Kier molecular flexibility index (Phi) is 2.47. The highest BCUT2D eigenvalue weighted by Gasteiger charge is 2.13. The first kappa shape index (κ1) is 12.0. The van der Waals surface area contributed by atoms with Gasteiger partial charge in [-0.1, -0.05) is 12.1 Å². The van der Waals surface area contributed by atoms with E-state index in [-0.39, 0.29) is 11.4 Å². The van der Waals surface area contributed by atoms with E-state index in [4.69, 9.17) is 4.42 Å². The van der Waals surface area contributed by atoms with Crippen LogP contribution in [0.5, 0.6) is 0 Å². The van der Waals surface area contributed by atoms with E-state index in [1.54, 1.807) is 18.5 Å². The molecule has 0 fully saturated rings. The number of halogens is 1. The largest absolute Gasteiger partial charge is 0.453 e. The van der Waals surface area contributed by atoms with Crippen LogP contribution in [0.2, 0.25) is 0 Å². The zero-order valence-corrected chi connectivity index (χ0v) is 11.2. The van der Waals surface area contributed by atoms with Crippen molar-refractivity contribution in [1.29, 1.82) is 0 Å². The van der Waals surface area contributed by atoms with Crippen LogP contribution >= 0.6 is 0 Å². The van der Waals surface area contributed by atoms with Crippen LogP contribution in [0.4, 0.5) is 4.39 Å². The van der Waals surface area contributed by atoms with Crippen LogP contribution in [0.15, 0.2) is 47.1 Å². The van der Waals surface area contributed by atoms with Gasteiger partial charge in [0, 0.05) is 23.3 Å². The van der Waals surface area contributed by atoms with Gasteiger partial charge in [0.15, 0.2) is 17.0 Å². The molecule has 0 atom stereocenters. The first-order valence-electron chi connectivity index (χ1n) is 6.49. The molecular formula is C16H10FN3O. The Balaban J connectivity index is 1.99. The predicted octanol–water partition coefficient (Wildman–Crippen LogP) is 3.89. The quantitative estimate of drug-likeness (QED) is 0.530. The summed E-state index contributed by atoms with van der Waals surface area (Å²) in [4.78, 5) is 12.8. The third-order valence-corrected chi connectivity index (χ3v) is 3.41. The number of nitrogens with zero attached hydrogens (tertiary/aromatic N) is 3. The van der Waals surface area contributed by atoms with Crippen molar-refractivity contribution >= 4 is 22.1 Å². The molecule has 3 aromatic heterocycles. The van der Waals surface area contributed by atoms with E-state index in [0.29, 0.717) is 16.9 Å². The fourth-order valence-corrected chi connectivity index (χ4v) is 2.40. The fraction of sp³-hybridized carbons (Fsp3) is 0.0625. The van der Waals surface area contributed by atoms with Crippen LogP contribution in [0.25, 0.3) is 33.5 Å². The number of fused-ring (bicyclic) bond motifs is 2. The lowest BCUT2D eigenvalue weighted by molar-refractivity contribution is 0.568. The number of rotatable bonds is 1. The average molecular weight is 279 g/mol. The third-order valence-electron chi connectivity index (χ3n) is 3.41. The zero-order chi connectivity index (χ0) is 14.4. The van der Waals surface area contributed by atoms with Crippen molar-refractivity contribution in [3.8, 4) is 11.3 Å². The minimum Gasteiger partial charge on any atom is -0.453 e. The standard InChI is InChI=1S/C16H10FN3O/c1-9-11(8-13-16(20-9)19-6-5-18-13)14-7-10-3-2-4-12(17)15(10)21-14/h2-8H,1H3. The van der Waals surface area contributed by atoms with Gasteiger partial charge >= 0.3 is 0 Å². The Labute approximate surface area is 119 Å². The van der Waals surface area contributed by atoms with Crippen LogP contribution < -0.4 is 0 Å². The van der Waals surface area contributed by atoms with E-state index >= 15 is 0 Å². The number of hydrogen-bond donors (Lipinski definition) is 0. The number of aromatic nitrogens is 3. The lowest BCUT2D eigenvalue weighted by Gasteiger charge is -2.03. The van der Waals surface area contributed by atoms with Gasteiger partial charge in [0.05, 0.1) is 5.69 Å². The van der Waals surface area contributed by atoms with Gasteiger partial charge < -0.3 is 4.42 Å². The van der Waals surface area contributed by atoms with Crippen molar-refractivity contribution in [1.82, 2.24) is 15.0 Å². The molecule has 0 radical (unpaired) electrons. The maximum absolute atomic E-state index is 13.7. The summed E-state index contributed by atoms with van der Waals surface area (Å²) in [6.45, 7) is 1.87. The van der Waals surface area contributed by atoms with E-state index in [2.05, 4.69) is 15.0 Å². The molecule has 0 amide bonds. The molecule has 1 aromatic carbocycles. The highest BCUT2D eigenvalue weighted by molar-refractivity contribution is 5.85. The number of pyridine rings is 1. The summed E-state index contributed by atoms with van der Waals surface area (Å²) in [7, 11) is 0. The van der Waals surface area contributed by atoms with Gasteiger partial charge in [-0.25, -0.2) is 14.4 Å². The van der Waals surface area contributed by atoms with Crippen molar-refractivity contribution in [2.75, 3.05) is 0 Å². The molecule has 0 aliphatic rings. The number of hydrogen-bond acceptors (Lipinski definition) is 4. The molecule has 0 N–H and O–H groups in total. The molecule has 0 aliphatic carbocycles. The molecule has 5 heteroatoms. The Morgan fingerprint density at radius 1 is 1.10 bits per heavy atom. The summed E-state index contributed by atoms with van der Waals surface area (Å²) in [5, 5.41) is 0.726. The summed E-state index contributed by atoms with van der Waals surface area (Å²) >= 11 is 0. The fourth-order valence-electron chi connectivity index (χ4n) is 2.40. The van der Waals surface area contributed by atoms with Crippen molar-refractivity contribution in [3.05, 3.63) is 54.2 Å². The molecule has 3 heterocycles. The SMILES string of the molecule is Cc1nc2nccnc2cc1-c1cc2cccc(F)c2o1. The summed E-state index contributed by atoms with van der Waals surface area (Å²) < 4.78 is 19.4. The normalized spacial score (nSPS) is 11.3. The van der Waals surface area contributed by atoms with Crippen molar-refractivity contribution in [2.24, 2.45) is 0 Å². The number of aryl methyl sites for hydroxylation is 1. The summed E-state index contributed by atoms with van der Waals surface area (Å²) in [6.07, 6.45) is 3.21. The maximum atomic E-state index is 13.7. The molecule has 0 saturated heterocycles. The number of para-hydroxylation sites is 1. The Bertz CT molecular complexity index is 978. The lowest BCUT2D eigenvalue weighted by atomic mass is 10.1. The second-order valence-electron chi connectivity index (χ2n) is 4.79. The van der Waals surface area contributed by atoms with Gasteiger partial charge in [-0.15, -0.1) is 0 Å². The minimum atomic E-state index is -0.370. The molecule has 0 aliphatic heterocycles. The molecule has 102 valence electrons. The van der Waals surface area contributed by atoms with Gasteiger partial charge in [0.1, 0.15) is 11.3 Å². The van der Waals surface area contributed by atoms with Gasteiger partial charge in [-0.3, -0.25) is 4.98 Å². The smallest absolute Gasteiger partial charge is 0.178 e.